The summed E-state index contributed by atoms with van der Waals surface area (Å²) in [5, 5.41) is 3.08. The van der Waals surface area contributed by atoms with Crippen LogP contribution in [0.2, 0.25) is 0 Å². The average molecular weight is 461 g/mol. The van der Waals surface area contributed by atoms with Crippen LogP contribution in [-0.2, 0) is 9.59 Å². The van der Waals surface area contributed by atoms with Gasteiger partial charge in [-0.05, 0) is 74.3 Å². The van der Waals surface area contributed by atoms with E-state index in [-0.39, 0.29) is 11.8 Å². The monoisotopic (exact) mass is 460 g/mol. The molecule has 3 aliphatic rings. The minimum atomic E-state index is 0.00498. The number of carbonyl (C=O) groups excluding carboxylic acids is 2. The van der Waals surface area contributed by atoms with Crippen LogP contribution in [-0.4, -0.2) is 47.9 Å². The van der Waals surface area contributed by atoms with E-state index >= 15 is 0 Å². The number of nitrogens with zero attached hydrogens (tertiary/aromatic N) is 3. The molecule has 1 N–H and O–H groups in total. The first-order chi connectivity index (χ1) is 16.6. The Hall–Kier alpha value is -2.89. The van der Waals surface area contributed by atoms with Gasteiger partial charge in [-0.3, -0.25) is 14.6 Å². The van der Waals surface area contributed by atoms with Crippen LogP contribution in [0.15, 0.2) is 42.6 Å². The summed E-state index contributed by atoms with van der Waals surface area (Å²) in [5.41, 5.74) is 4.28. The lowest BCUT2D eigenvalue weighted by molar-refractivity contribution is -0.133. The summed E-state index contributed by atoms with van der Waals surface area (Å²) >= 11 is 0. The molecule has 0 bridgehead atoms. The molecule has 1 aromatic heterocycles. The number of carbonyl (C=O) groups is 2. The average Bonchev–Trinajstić information content (AvgIpc) is 3.33. The number of piperidine rings is 1. The van der Waals surface area contributed by atoms with Crippen LogP contribution in [0.1, 0.15) is 62.1 Å². The molecule has 2 aromatic rings. The normalized spacial score (nSPS) is 19.8. The maximum atomic E-state index is 12.7. The summed E-state index contributed by atoms with van der Waals surface area (Å²) in [6, 6.07) is 12.3. The summed E-state index contributed by atoms with van der Waals surface area (Å²) < 4.78 is 0. The molecule has 1 aliphatic carbocycles. The predicted molar refractivity (Wildman–Crippen MR) is 135 cm³/mol. The highest BCUT2D eigenvalue weighted by atomic mass is 16.2. The molecule has 3 heterocycles. The SMILES string of the molecule is Cc1ncccc1N1CC(C(=O)Nc2ccc(C3CCN(C(=O)CC4CCCC4)CC3)cc2)C1. The molecule has 1 saturated carbocycles. The van der Waals surface area contributed by atoms with Gasteiger partial charge in [0.25, 0.3) is 0 Å². The smallest absolute Gasteiger partial charge is 0.231 e. The van der Waals surface area contributed by atoms with E-state index in [9.17, 15) is 9.59 Å². The lowest BCUT2D eigenvalue weighted by atomic mass is 9.89. The zero-order valence-corrected chi connectivity index (χ0v) is 20.2. The highest BCUT2D eigenvalue weighted by molar-refractivity contribution is 5.94. The van der Waals surface area contributed by atoms with E-state index in [1.54, 1.807) is 6.20 Å². The molecule has 2 amide bonds. The van der Waals surface area contributed by atoms with Crippen molar-refractivity contribution in [3.8, 4) is 0 Å². The van der Waals surface area contributed by atoms with Crippen molar-refractivity contribution in [2.75, 3.05) is 36.4 Å². The fraction of sp³-hybridized carbons (Fsp3) is 0.536. The molecule has 6 heteroatoms. The minimum Gasteiger partial charge on any atom is -0.368 e. The third-order valence-corrected chi connectivity index (χ3v) is 8.01. The lowest BCUT2D eigenvalue weighted by Gasteiger charge is -2.40. The Morgan fingerprint density at radius 3 is 2.38 bits per heavy atom. The van der Waals surface area contributed by atoms with Crippen molar-refractivity contribution in [2.24, 2.45) is 11.8 Å². The van der Waals surface area contributed by atoms with Crippen molar-refractivity contribution in [1.29, 1.82) is 0 Å². The van der Waals surface area contributed by atoms with Crippen LogP contribution in [0, 0.1) is 18.8 Å². The van der Waals surface area contributed by atoms with Crippen LogP contribution in [0.5, 0.6) is 0 Å². The first-order valence-corrected chi connectivity index (χ1v) is 12.9. The molecule has 0 atom stereocenters. The number of hydrogen-bond donors (Lipinski definition) is 1. The minimum absolute atomic E-state index is 0.00498. The quantitative estimate of drug-likeness (QED) is 0.676. The van der Waals surface area contributed by atoms with E-state index in [0.29, 0.717) is 17.7 Å². The molecule has 180 valence electrons. The molecular formula is C28H36N4O2. The van der Waals surface area contributed by atoms with Crippen LogP contribution in [0.4, 0.5) is 11.4 Å². The van der Waals surface area contributed by atoms with Gasteiger partial charge in [-0.2, -0.15) is 0 Å². The number of pyridine rings is 1. The van der Waals surface area contributed by atoms with E-state index < -0.39 is 0 Å². The molecule has 2 saturated heterocycles. The number of hydrogen-bond acceptors (Lipinski definition) is 4. The molecule has 0 unspecified atom stereocenters. The van der Waals surface area contributed by atoms with Gasteiger partial charge >= 0.3 is 0 Å². The summed E-state index contributed by atoms with van der Waals surface area (Å²) in [7, 11) is 0. The number of anilines is 2. The standard InChI is InChI=1S/C28H36N4O2/c1-20-26(7-4-14-29-20)32-18-24(19-32)28(34)30-25-10-8-22(9-11-25)23-12-15-31(16-13-23)27(33)17-21-5-2-3-6-21/h4,7-11,14,21,23-24H,2-3,5-6,12-13,15-19H2,1H3,(H,30,34). The van der Waals surface area contributed by atoms with Gasteiger partial charge in [-0.15, -0.1) is 0 Å². The zero-order chi connectivity index (χ0) is 23.5. The van der Waals surface area contributed by atoms with Gasteiger partial charge in [0.05, 0.1) is 17.3 Å². The van der Waals surface area contributed by atoms with Crippen molar-refractivity contribution >= 4 is 23.2 Å². The Kier molecular flexibility index (Phi) is 6.84. The number of amides is 2. The Labute approximate surface area is 202 Å². The number of aryl methyl sites for hydroxylation is 1. The van der Waals surface area contributed by atoms with Crippen molar-refractivity contribution in [3.05, 3.63) is 53.9 Å². The van der Waals surface area contributed by atoms with E-state index in [4.69, 9.17) is 0 Å². The molecule has 1 aromatic carbocycles. The first-order valence-electron chi connectivity index (χ1n) is 12.9. The number of nitrogens with one attached hydrogen (secondary N) is 1. The second-order valence-electron chi connectivity index (χ2n) is 10.3. The molecule has 0 spiro atoms. The second-order valence-corrected chi connectivity index (χ2v) is 10.3. The Balaban J connectivity index is 1.07. The fourth-order valence-electron chi connectivity index (χ4n) is 5.79. The Bertz CT molecular complexity index is 1000. The van der Waals surface area contributed by atoms with Gasteiger partial charge in [0.2, 0.25) is 11.8 Å². The maximum absolute atomic E-state index is 12.7. The number of benzene rings is 1. The van der Waals surface area contributed by atoms with E-state index in [1.165, 1.54) is 31.2 Å². The second kappa shape index (κ2) is 10.2. The van der Waals surface area contributed by atoms with Gasteiger partial charge in [0, 0.05) is 44.5 Å². The lowest BCUT2D eigenvalue weighted by Crippen LogP contribution is -2.52. The summed E-state index contributed by atoms with van der Waals surface area (Å²) in [6.45, 7) is 5.19. The van der Waals surface area contributed by atoms with Crippen molar-refractivity contribution in [1.82, 2.24) is 9.88 Å². The molecule has 0 radical (unpaired) electrons. The summed E-state index contributed by atoms with van der Waals surface area (Å²) in [4.78, 5) is 33.9. The molecule has 5 rings (SSSR count). The Morgan fingerprint density at radius 2 is 1.71 bits per heavy atom. The van der Waals surface area contributed by atoms with E-state index in [0.717, 1.165) is 62.5 Å². The van der Waals surface area contributed by atoms with Crippen molar-refractivity contribution in [3.63, 3.8) is 0 Å². The summed E-state index contributed by atoms with van der Waals surface area (Å²) in [5.74, 6) is 1.56. The predicted octanol–water partition coefficient (Wildman–Crippen LogP) is 4.75. The molecule has 3 fully saturated rings. The fourth-order valence-corrected chi connectivity index (χ4v) is 5.79. The number of likely N-dealkylation sites (tertiary alicyclic amines) is 1. The topological polar surface area (TPSA) is 65.5 Å². The van der Waals surface area contributed by atoms with E-state index in [1.807, 2.05) is 25.1 Å². The summed E-state index contributed by atoms with van der Waals surface area (Å²) in [6.07, 6.45) is 9.64. The van der Waals surface area contributed by atoms with Gasteiger partial charge in [0.1, 0.15) is 0 Å². The molecular weight excluding hydrogens is 424 g/mol. The van der Waals surface area contributed by atoms with E-state index in [2.05, 4.69) is 38.3 Å². The zero-order valence-electron chi connectivity index (χ0n) is 20.2. The van der Waals surface area contributed by atoms with Crippen LogP contribution < -0.4 is 10.2 Å². The molecule has 6 nitrogen and oxygen atoms in total. The van der Waals surface area contributed by atoms with Gasteiger partial charge < -0.3 is 15.1 Å². The largest absolute Gasteiger partial charge is 0.368 e. The number of aromatic nitrogens is 1. The van der Waals surface area contributed by atoms with Crippen molar-refractivity contribution < 1.29 is 9.59 Å². The third kappa shape index (κ3) is 5.11. The highest BCUT2D eigenvalue weighted by Gasteiger charge is 2.33. The van der Waals surface area contributed by atoms with Gasteiger partial charge in [-0.1, -0.05) is 25.0 Å². The highest BCUT2D eigenvalue weighted by Crippen LogP contribution is 2.32. The molecule has 2 aliphatic heterocycles. The number of rotatable bonds is 6. The Morgan fingerprint density at radius 1 is 1.00 bits per heavy atom. The van der Waals surface area contributed by atoms with Crippen LogP contribution in [0.3, 0.4) is 0 Å². The molecule has 34 heavy (non-hydrogen) atoms. The maximum Gasteiger partial charge on any atom is 0.231 e. The third-order valence-electron chi connectivity index (χ3n) is 8.01. The van der Waals surface area contributed by atoms with Crippen LogP contribution >= 0.6 is 0 Å². The van der Waals surface area contributed by atoms with Gasteiger partial charge in [-0.25, -0.2) is 0 Å². The first kappa shape index (κ1) is 22.9. The van der Waals surface area contributed by atoms with Crippen molar-refractivity contribution in [2.45, 2.75) is 57.8 Å². The van der Waals surface area contributed by atoms with Crippen LogP contribution in [0.25, 0.3) is 0 Å². The van der Waals surface area contributed by atoms with Gasteiger partial charge in [0.15, 0.2) is 0 Å².